The molecule has 2 N–H and O–H groups in total. The molecule has 0 unspecified atom stereocenters. The molecular weight excluding hydrogens is 321 g/mol. The van der Waals surface area contributed by atoms with E-state index in [1.54, 1.807) is 6.07 Å². The van der Waals surface area contributed by atoms with Crippen molar-refractivity contribution in [3.8, 4) is 0 Å². The summed E-state index contributed by atoms with van der Waals surface area (Å²) in [6, 6.07) is 2.70. The van der Waals surface area contributed by atoms with E-state index in [-0.39, 0.29) is 23.6 Å². The van der Waals surface area contributed by atoms with Crippen LogP contribution in [-0.2, 0) is 12.7 Å². The maximum atomic E-state index is 13.3. The first-order valence-corrected chi connectivity index (χ1v) is 8.15. The molecule has 1 atom stereocenters. The Balaban J connectivity index is 1.84. The molecule has 2 aromatic rings. The highest BCUT2D eigenvalue weighted by molar-refractivity contribution is 5.78. The summed E-state index contributed by atoms with van der Waals surface area (Å²) in [5.74, 6) is 0.536. The molecule has 0 radical (unpaired) electrons. The third-order valence-corrected chi connectivity index (χ3v) is 4.21. The van der Waals surface area contributed by atoms with Crippen LogP contribution in [0.4, 0.5) is 13.2 Å². The number of aromatic nitrogens is 1. The summed E-state index contributed by atoms with van der Waals surface area (Å²) < 4.78 is 45.3. The minimum Gasteiger partial charge on any atom is -0.440 e. The number of fused-ring (bicyclic) bond motifs is 1. The maximum absolute atomic E-state index is 13.3. The van der Waals surface area contributed by atoms with Crippen molar-refractivity contribution in [2.24, 2.45) is 5.92 Å². The van der Waals surface area contributed by atoms with Crippen molar-refractivity contribution in [3.63, 3.8) is 0 Å². The van der Waals surface area contributed by atoms with Gasteiger partial charge in [0.1, 0.15) is 11.1 Å². The number of rotatable bonds is 6. The molecule has 1 aromatic carbocycles. The Morgan fingerprint density at radius 3 is 2.62 bits per heavy atom. The second-order valence-electron chi connectivity index (χ2n) is 6.73. The van der Waals surface area contributed by atoms with E-state index >= 15 is 0 Å². The van der Waals surface area contributed by atoms with Gasteiger partial charge in [0.25, 0.3) is 0 Å². The van der Waals surface area contributed by atoms with Crippen LogP contribution in [0.25, 0.3) is 11.1 Å². The molecule has 0 aliphatic heterocycles. The molecule has 0 amide bonds. The Morgan fingerprint density at radius 1 is 1.33 bits per heavy atom. The fourth-order valence-corrected chi connectivity index (χ4v) is 2.68. The number of benzene rings is 1. The van der Waals surface area contributed by atoms with Gasteiger partial charge in [-0.05, 0) is 36.5 Å². The van der Waals surface area contributed by atoms with E-state index in [2.05, 4.69) is 10.3 Å². The van der Waals surface area contributed by atoms with E-state index in [0.29, 0.717) is 23.9 Å². The summed E-state index contributed by atoms with van der Waals surface area (Å²) in [6.45, 7) is 4.26. The van der Waals surface area contributed by atoms with Crippen molar-refractivity contribution < 1.29 is 22.7 Å². The highest BCUT2D eigenvalue weighted by Gasteiger charge is 2.35. The number of nitrogens with one attached hydrogen (secondary N) is 1. The Kier molecular flexibility index (Phi) is 4.57. The van der Waals surface area contributed by atoms with Crippen molar-refractivity contribution in [1.82, 2.24) is 10.3 Å². The fourth-order valence-electron chi connectivity index (χ4n) is 2.68. The van der Waals surface area contributed by atoms with Gasteiger partial charge in [0.2, 0.25) is 0 Å². The molecule has 1 aliphatic carbocycles. The number of hydrogen-bond donors (Lipinski definition) is 2. The minimum atomic E-state index is -4.50. The number of hydrogen-bond acceptors (Lipinski definition) is 4. The van der Waals surface area contributed by atoms with Crippen LogP contribution >= 0.6 is 0 Å². The average molecular weight is 342 g/mol. The molecule has 132 valence electrons. The van der Waals surface area contributed by atoms with Crippen LogP contribution in [-0.4, -0.2) is 22.7 Å². The molecule has 24 heavy (non-hydrogen) atoms. The summed E-state index contributed by atoms with van der Waals surface area (Å²) >= 11 is 0. The number of aliphatic hydroxyl groups excluding tert-OH is 1. The molecule has 0 spiro atoms. The lowest BCUT2D eigenvalue weighted by Gasteiger charge is -2.12. The lowest BCUT2D eigenvalue weighted by atomic mass is 10.1. The van der Waals surface area contributed by atoms with Gasteiger partial charge in [0, 0.05) is 19.0 Å². The molecule has 1 aliphatic rings. The summed E-state index contributed by atoms with van der Waals surface area (Å²) in [7, 11) is 0. The summed E-state index contributed by atoms with van der Waals surface area (Å²) in [5.41, 5.74) is -0.332. The number of nitrogens with zero attached hydrogens (tertiary/aromatic N) is 1. The predicted octanol–water partition coefficient (Wildman–Crippen LogP) is 3.83. The van der Waals surface area contributed by atoms with Crippen LogP contribution in [0.3, 0.4) is 0 Å². The van der Waals surface area contributed by atoms with Crippen molar-refractivity contribution in [2.45, 2.75) is 51.4 Å². The number of oxazole rings is 1. The van der Waals surface area contributed by atoms with Crippen LogP contribution < -0.4 is 5.32 Å². The van der Waals surface area contributed by atoms with Crippen molar-refractivity contribution >= 4 is 11.1 Å². The molecule has 0 saturated heterocycles. The molecular formula is C17H21F3N2O2. The summed E-state index contributed by atoms with van der Waals surface area (Å²) in [4.78, 5) is 4.18. The van der Waals surface area contributed by atoms with Crippen LogP contribution in [0.15, 0.2) is 16.5 Å². The lowest BCUT2D eigenvalue weighted by Crippen LogP contribution is -2.27. The number of aliphatic hydroxyl groups is 1. The molecule has 7 heteroatoms. The van der Waals surface area contributed by atoms with Crippen LogP contribution in [0.1, 0.15) is 49.6 Å². The smallest absolute Gasteiger partial charge is 0.420 e. The largest absolute Gasteiger partial charge is 0.440 e. The van der Waals surface area contributed by atoms with Gasteiger partial charge in [-0.15, -0.1) is 0 Å². The van der Waals surface area contributed by atoms with Gasteiger partial charge in [-0.1, -0.05) is 13.8 Å². The van der Waals surface area contributed by atoms with Gasteiger partial charge in [-0.2, -0.15) is 13.2 Å². The first-order chi connectivity index (χ1) is 11.3. The SMILES string of the molecule is CC(C)c1nc2cc(CNC[C@H](O)C3CC3)cc(C(F)(F)F)c2o1. The zero-order valence-corrected chi connectivity index (χ0v) is 13.7. The monoisotopic (exact) mass is 342 g/mol. The Labute approximate surface area is 138 Å². The lowest BCUT2D eigenvalue weighted by molar-refractivity contribution is -0.136. The van der Waals surface area contributed by atoms with Gasteiger partial charge < -0.3 is 14.8 Å². The molecule has 1 saturated carbocycles. The first-order valence-electron chi connectivity index (χ1n) is 8.15. The Bertz CT molecular complexity index is 720. The standard InChI is InChI=1S/C17H21F3N2O2/c1-9(2)16-22-13-6-10(7-21-8-14(23)11-3-4-11)5-12(15(13)24-16)17(18,19)20/h5-6,9,11,14,21,23H,3-4,7-8H2,1-2H3/t14-/m0/s1. The highest BCUT2D eigenvalue weighted by atomic mass is 19.4. The maximum Gasteiger partial charge on any atom is 0.420 e. The molecule has 3 rings (SSSR count). The van der Waals surface area contributed by atoms with Gasteiger partial charge in [-0.3, -0.25) is 0 Å². The third-order valence-electron chi connectivity index (χ3n) is 4.21. The van der Waals surface area contributed by atoms with Crippen molar-refractivity contribution in [3.05, 3.63) is 29.2 Å². The number of alkyl halides is 3. The summed E-state index contributed by atoms with van der Waals surface area (Å²) in [6.07, 6.45) is -2.90. The zero-order chi connectivity index (χ0) is 17.5. The van der Waals surface area contributed by atoms with E-state index in [1.165, 1.54) is 0 Å². The first kappa shape index (κ1) is 17.2. The van der Waals surface area contributed by atoms with Crippen LogP contribution in [0.2, 0.25) is 0 Å². The second-order valence-corrected chi connectivity index (χ2v) is 6.73. The highest BCUT2D eigenvalue weighted by Crippen LogP contribution is 2.37. The Hall–Kier alpha value is -1.60. The minimum absolute atomic E-state index is 0.0891. The van der Waals surface area contributed by atoms with E-state index in [0.717, 1.165) is 18.9 Å². The van der Waals surface area contributed by atoms with E-state index in [9.17, 15) is 18.3 Å². The topological polar surface area (TPSA) is 58.3 Å². The van der Waals surface area contributed by atoms with Gasteiger partial charge in [-0.25, -0.2) is 4.98 Å². The van der Waals surface area contributed by atoms with E-state index in [1.807, 2.05) is 13.8 Å². The van der Waals surface area contributed by atoms with Crippen LogP contribution in [0, 0.1) is 5.92 Å². The Morgan fingerprint density at radius 2 is 2.04 bits per heavy atom. The summed E-state index contributed by atoms with van der Waals surface area (Å²) in [5, 5.41) is 12.8. The third kappa shape index (κ3) is 3.72. The molecule has 1 heterocycles. The quantitative estimate of drug-likeness (QED) is 0.838. The number of halogens is 3. The van der Waals surface area contributed by atoms with Gasteiger partial charge in [0.05, 0.1) is 6.10 Å². The van der Waals surface area contributed by atoms with Crippen molar-refractivity contribution in [2.75, 3.05) is 6.54 Å². The molecule has 1 aromatic heterocycles. The van der Waals surface area contributed by atoms with Gasteiger partial charge >= 0.3 is 6.18 Å². The molecule has 1 fully saturated rings. The van der Waals surface area contributed by atoms with E-state index < -0.39 is 17.8 Å². The molecule has 4 nitrogen and oxygen atoms in total. The normalized spacial score (nSPS) is 17.0. The van der Waals surface area contributed by atoms with E-state index in [4.69, 9.17) is 4.42 Å². The second kappa shape index (κ2) is 6.37. The van der Waals surface area contributed by atoms with Crippen LogP contribution in [0.5, 0.6) is 0 Å². The zero-order valence-electron chi connectivity index (χ0n) is 13.7. The van der Waals surface area contributed by atoms with Gasteiger partial charge in [0.15, 0.2) is 11.5 Å². The van der Waals surface area contributed by atoms with Crippen molar-refractivity contribution in [1.29, 1.82) is 0 Å². The molecule has 0 bridgehead atoms. The average Bonchev–Trinajstić information content (AvgIpc) is 3.24. The predicted molar refractivity (Wildman–Crippen MR) is 83.5 cm³/mol. The fraction of sp³-hybridized carbons (Fsp3) is 0.588.